The SMILES string of the molecule is CCCNCc1cc(S(=O)(=O)NCCc2ncc[nH]2)cs1. The molecular weight excluding hydrogens is 308 g/mol. The Kier molecular flexibility index (Phi) is 5.92. The predicted octanol–water partition coefficient (Wildman–Crippen LogP) is 1.49. The molecule has 21 heavy (non-hydrogen) atoms. The molecular formula is C13H20N4O2S2. The Balaban J connectivity index is 1.86. The monoisotopic (exact) mass is 328 g/mol. The molecule has 2 aromatic rings. The second-order valence-electron chi connectivity index (χ2n) is 4.61. The van der Waals surface area contributed by atoms with Gasteiger partial charge in [0.05, 0.1) is 4.90 Å². The average Bonchev–Trinajstić information content (AvgIpc) is 3.10. The van der Waals surface area contributed by atoms with E-state index in [-0.39, 0.29) is 0 Å². The number of sulfonamides is 1. The highest BCUT2D eigenvalue weighted by Crippen LogP contribution is 2.19. The zero-order valence-electron chi connectivity index (χ0n) is 11.9. The number of rotatable bonds is 9. The number of hydrogen-bond acceptors (Lipinski definition) is 5. The van der Waals surface area contributed by atoms with Crippen molar-refractivity contribution in [3.63, 3.8) is 0 Å². The molecule has 0 atom stereocenters. The lowest BCUT2D eigenvalue weighted by atomic mass is 10.4. The van der Waals surface area contributed by atoms with Gasteiger partial charge in [0.25, 0.3) is 0 Å². The fraction of sp³-hybridized carbons (Fsp3) is 0.462. The summed E-state index contributed by atoms with van der Waals surface area (Å²) in [5, 5.41) is 4.94. The summed E-state index contributed by atoms with van der Waals surface area (Å²) < 4.78 is 26.9. The number of aromatic amines is 1. The maximum atomic E-state index is 12.1. The summed E-state index contributed by atoms with van der Waals surface area (Å²) in [4.78, 5) is 8.36. The van der Waals surface area contributed by atoms with E-state index in [1.165, 1.54) is 11.3 Å². The highest BCUT2D eigenvalue weighted by molar-refractivity contribution is 7.89. The van der Waals surface area contributed by atoms with E-state index in [4.69, 9.17) is 0 Å². The van der Waals surface area contributed by atoms with E-state index in [2.05, 4.69) is 26.9 Å². The van der Waals surface area contributed by atoms with E-state index < -0.39 is 10.0 Å². The smallest absolute Gasteiger partial charge is 0.241 e. The van der Waals surface area contributed by atoms with Gasteiger partial charge < -0.3 is 10.3 Å². The maximum Gasteiger partial charge on any atom is 0.241 e. The lowest BCUT2D eigenvalue weighted by Crippen LogP contribution is -2.25. The molecule has 0 spiro atoms. The van der Waals surface area contributed by atoms with E-state index in [0.29, 0.717) is 24.4 Å². The number of aromatic nitrogens is 2. The standard InChI is InChI=1S/C13H20N4O2S2/c1-2-4-14-9-11-8-12(10-20-11)21(18,19)17-5-3-13-15-6-7-16-13/h6-8,10,14,17H,2-5,9H2,1H3,(H,15,16). The van der Waals surface area contributed by atoms with Gasteiger partial charge in [-0.1, -0.05) is 6.92 Å². The van der Waals surface area contributed by atoms with Crippen LogP contribution in [0.4, 0.5) is 0 Å². The molecule has 0 fully saturated rings. The molecule has 0 bridgehead atoms. The Morgan fingerprint density at radius 3 is 2.95 bits per heavy atom. The molecule has 0 unspecified atom stereocenters. The van der Waals surface area contributed by atoms with Crippen LogP contribution in [0, 0.1) is 0 Å². The molecule has 0 saturated heterocycles. The van der Waals surface area contributed by atoms with Gasteiger partial charge in [-0.3, -0.25) is 0 Å². The van der Waals surface area contributed by atoms with E-state index in [9.17, 15) is 8.42 Å². The van der Waals surface area contributed by atoms with Gasteiger partial charge in [-0.15, -0.1) is 11.3 Å². The van der Waals surface area contributed by atoms with Crippen LogP contribution in [0.2, 0.25) is 0 Å². The number of thiophene rings is 1. The minimum absolute atomic E-state index is 0.328. The first-order valence-corrected chi connectivity index (χ1v) is 9.24. The van der Waals surface area contributed by atoms with Crippen LogP contribution in [-0.4, -0.2) is 31.5 Å². The van der Waals surface area contributed by atoms with Crippen molar-refractivity contribution in [2.45, 2.75) is 31.2 Å². The molecule has 6 nitrogen and oxygen atoms in total. The molecule has 0 aliphatic heterocycles. The number of nitrogens with zero attached hydrogens (tertiary/aromatic N) is 1. The molecule has 0 radical (unpaired) electrons. The second-order valence-corrected chi connectivity index (χ2v) is 7.37. The van der Waals surface area contributed by atoms with E-state index in [0.717, 1.165) is 23.7 Å². The van der Waals surface area contributed by atoms with E-state index >= 15 is 0 Å². The molecule has 3 N–H and O–H groups in total. The van der Waals surface area contributed by atoms with E-state index in [1.54, 1.807) is 23.8 Å². The quantitative estimate of drug-likeness (QED) is 0.609. The van der Waals surface area contributed by atoms with Crippen LogP contribution in [0.5, 0.6) is 0 Å². The summed E-state index contributed by atoms with van der Waals surface area (Å²) >= 11 is 1.46. The summed E-state index contributed by atoms with van der Waals surface area (Å²) in [6.07, 6.45) is 4.97. The van der Waals surface area contributed by atoms with Crippen LogP contribution in [0.25, 0.3) is 0 Å². The molecule has 8 heteroatoms. The minimum Gasteiger partial charge on any atom is -0.349 e. The van der Waals surface area contributed by atoms with Crippen LogP contribution in [-0.2, 0) is 23.0 Å². The Morgan fingerprint density at radius 2 is 2.24 bits per heavy atom. The Bertz CT molecular complexity index is 635. The molecule has 2 aromatic heterocycles. The molecule has 2 rings (SSSR count). The summed E-state index contributed by atoms with van der Waals surface area (Å²) in [5.74, 6) is 0.771. The predicted molar refractivity (Wildman–Crippen MR) is 83.8 cm³/mol. The van der Waals surface area contributed by atoms with Crippen LogP contribution >= 0.6 is 11.3 Å². The van der Waals surface area contributed by atoms with Gasteiger partial charge in [0.1, 0.15) is 5.82 Å². The van der Waals surface area contributed by atoms with Gasteiger partial charge in [-0.25, -0.2) is 18.1 Å². The average molecular weight is 328 g/mol. The highest BCUT2D eigenvalue weighted by atomic mass is 32.2. The van der Waals surface area contributed by atoms with Gasteiger partial charge in [0.15, 0.2) is 0 Å². The van der Waals surface area contributed by atoms with Crippen LogP contribution in [0.3, 0.4) is 0 Å². The first kappa shape index (κ1) is 16.2. The first-order chi connectivity index (χ1) is 10.1. The minimum atomic E-state index is -3.43. The fourth-order valence-electron chi connectivity index (χ4n) is 1.80. The van der Waals surface area contributed by atoms with Gasteiger partial charge in [0.2, 0.25) is 10.0 Å². The molecule has 116 valence electrons. The second kappa shape index (κ2) is 7.69. The van der Waals surface area contributed by atoms with Crippen molar-refractivity contribution < 1.29 is 8.42 Å². The van der Waals surface area contributed by atoms with Crippen LogP contribution < -0.4 is 10.0 Å². The maximum absolute atomic E-state index is 12.1. The van der Waals surface area contributed by atoms with Crippen molar-refractivity contribution in [1.82, 2.24) is 20.0 Å². The molecule has 0 amide bonds. The molecule has 2 heterocycles. The van der Waals surface area contributed by atoms with Crippen molar-refractivity contribution in [2.24, 2.45) is 0 Å². The number of H-pyrrole nitrogens is 1. The Hall–Kier alpha value is -1.22. The lowest BCUT2D eigenvalue weighted by Gasteiger charge is -2.03. The Morgan fingerprint density at radius 1 is 1.38 bits per heavy atom. The fourth-order valence-corrected chi connectivity index (χ4v) is 4.08. The highest BCUT2D eigenvalue weighted by Gasteiger charge is 2.15. The van der Waals surface area contributed by atoms with Crippen molar-refractivity contribution in [3.05, 3.63) is 34.5 Å². The summed E-state index contributed by atoms with van der Waals surface area (Å²) in [7, 11) is -3.43. The summed E-state index contributed by atoms with van der Waals surface area (Å²) in [6, 6.07) is 1.72. The largest absolute Gasteiger partial charge is 0.349 e. The van der Waals surface area contributed by atoms with E-state index in [1.807, 2.05) is 0 Å². The van der Waals surface area contributed by atoms with Crippen molar-refractivity contribution in [2.75, 3.05) is 13.1 Å². The van der Waals surface area contributed by atoms with Gasteiger partial charge in [-0.2, -0.15) is 0 Å². The van der Waals surface area contributed by atoms with Crippen LogP contribution in [0.1, 0.15) is 24.0 Å². The number of hydrogen-bond donors (Lipinski definition) is 3. The number of nitrogens with one attached hydrogen (secondary N) is 3. The number of imidazole rings is 1. The third-order valence-corrected chi connectivity index (χ3v) is 5.40. The first-order valence-electron chi connectivity index (χ1n) is 6.88. The third kappa shape index (κ3) is 4.92. The van der Waals surface area contributed by atoms with Crippen molar-refractivity contribution in [1.29, 1.82) is 0 Å². The third-order valence-electron chi connectivity index (χ3n) is 2.87. The zero-order valence-corrected chi connectivity index (χ0v) is 13.6. The topological polar surface area (TPSA) is 86.9 Å². The molecule has 0 aromatic carbocycles. The summed E-state index contributed by atoms with van der Waals surface area (Å²) in [5.41, 5.74) is 0. The lowest BCUT2D eigenvalue weighted by molar-refractivity contribution is 0.581. The molecule has 0 aliphatic carbocycles. The normalized spacial score (nSPS) is 11.9. The van der Waals surface area contributed by atoms with Crippen molar-refractivity contribution in [3.8, 4) is 0 Å². The summed E-state index contributed by atoms with van der Waals surface area (Å²) in [6.45, 7) is 4.07. The Labute approximate surface area is 129 Å². The van der Waals surface area contributed by atoms with Gasteiger partial charge in [-0.05, 0) is 19.0 Å². The molecule has 0 saturated carbocycles. The molecule has 0 aliphatic rings. The van der Waals surface area contributed by atoms with Crippen molar-refractivity contribution >= 4 is 21.4 Å². The van der Waals surface area contributed by atoms with Crippen LogP contribution in [0.15, 0.2) is 28.7 Å². The zero-order chi connectivity index (χ0) is 15.1. The van der Waals surface area contributed by atoms with Gasteiger partial charge >= 0.3 is 0 Å². The van der Waals surface area contributed by atoms with Gasteiger partial charge in [0, 0.05) is 42.2 Å².